The van der Waals surface area contributed by atoms with Crippen molar-refractivity contribution in [1.82, 2.24) is 35.4 Å². The molecule has 0 bridgehead atoms. The molecule has 2 N–H and O–H groups in total. The van der Waals surface area contributed by atoms with Crippen molar-refractivity contribution >= 4 is 5.91 Å². The van der Waals surface area contributed by atoms with Crippen molar-refractivity contribution in [2.24, 2.45) is 0 Å². The van der Waals surface area contributed by atoms with Gasteiger partial charge in [0.2, 0.25) is 0 Å². The Bertz CT molecular complexity index is 1030. The summed E-state index contributed by atoms with van der Waals surface area (Å²) < 4.78 is 12.1. The first-order valence-corrected chi connectivity index (χ1v) is 10.8. The number of aromatic nitrogens is 5. The van der Waals surface area contributed by atoms with Gasteiger partial charge in [-0.2, -0.15) is 5.10 Å². The number of nitrogens with zero attached hydrogens (tertiary/aromatic N) is 5. The molecule has 2 aromatic heterocycles. The molecule has 0 spiro atoms. The number of ether oxygens (including phenoxy) is 2. The Labute approximate surface area is 186 Å². The summed E-state index contributed by atoms with van der Waals surface area (Å²) in [4.78, 5) is 14.6. The quantitative estimate of drug-likeness (QED) is 0.463. The van der Waals surface area contributed by atoms with Gasteiger partial charge in [-0.05, 0) is 31.5 Å². The summed E-state index contributed by atoms with van der Waals surface area (Å²) in [6, 6.07) is 8.28. The van der Waals surface area contributed by atoms with Crippen LogP contribution in [0.1, 0.15) is 28.9 Å². The standard InChI is InChI=1S/C22H29N7O3/c1-31-10-8-23-22(30)20-15-29(27-25-20)14-18-6-4-9-28(18)13-17-12-24-26-21(17)16-5-3-7-19(11-16)32-2/h3,5,7,11-12,15,18H,4,6,8-10,13-14H2,1-2H3,(H,23,30)(H,24,26)/t18-/m0/s1. The fraction of sp³-hybridized carbons (Fsp3) is 0.455. The fourth-order valence-electron chi connectivity index (χ4n) is 4.05. The molecule has 1 aromatic carbocycles. The lowest BCUT2D eigenvalue weighted by Gasteiger charge is -2.24. The van der Waals surface area contributed by atoms with Gasteiger partial charge in [0, 0.05) is 37.4 Å². The van der Waals surface area contributed by atoms with E-state index in [-0.39, 0.29) is 5.91 Å². The summed E-state index contributed by atoms with van der Waals surface area (Å²) >= 11 is 0. The van der Waals surface area contributed by atoms with Gasteiger partial charge in [-0.1, -0.05) is 17.3 Å². The summed E-state index contributed by atoms with van der Waals surface area (Å²) in [6.45, 7) is 3.38. The van der Waals surface area contributed by atoms with Crippen LogP contribution in [0.5, 0.6) is 5.75 Å². The molecule has 1 atom stereocenters. The molecule has 4 rings (SSSR count). The van der Waals surface area contributed by atoms with Crippen LogP contribution in [0.2, 0.25) is 0 Å². The number of benzene rings is 1. The van der Waals surface area contributed by atoms with E-state index in [4.69, 9.17) is 9.47 Å². The second-order valence-corrected chi connectivity index (χ2v) is 7.84. The highest BCUT2D eigenvalue weighted by molar-refractivity contribution is 5.91. The third-order valence-corrected chi connectivity index (χ3v) is 5.71. The second kappa shape index (κ2) is 10.4. The average Bonchev–Trinajstić information content (AvgIpc) is 3.57. The summed E-state index contributed by atoms with van der Waals surface area (Å²) in [5.74, 6) is 0.577. The van der Waals surface area contributed by atoms with Crippen LogP contribution in [0.3, 0.4) is 0 Å². The molecule has 1 fully saturated rings. The Morgan fingerprint density at radius 1 is 1.34 bits per heavy atom. The Balaban J connectivity index is 1.40. The van der Waals surface area contributed by atoms with E-state index in [2.05, 4.69) is 36.8 Å². The van der Waals surface area contributed by atoms with Crippen molar-refractivity contribution in [2.45, 2.75) is 32.0 Å². The zero-order chi connectivity index (χ0) is 22.3. The maximum atomic E-state index is 12.2. The van der Waals surface area contributed by atoms with Crippen LogP contribution in [0.15, 0.2) is 36.7 Å². The van der Waals surface area contributed by atoms with Gasteiger partial charge in [0.25, 0.3) is 5.91 Å². The zero-order valence-electron chi connectivity index (χ0n) is 18.5. The van der Waals surface area contributed by atoms with Crippen molar-refractivity contribution in [2.75, 3.05) is 33.9 Å². The predicted molar refractivity (Wildman–Crippen MR) is 118 cm³/mol. The second-order valence-electron chi connectivity index (χ2n) is 7.84. The lowest BCUT2D eigenvalue weighted by atomic mass is 10.1. The third kappa shape index (κ3) is 5.14. The number of aromatic amines is 1. The Kier molecular flexibility index (Phi) is 7.13. The number of carbonyl (C=O) groups is 1. The minimum atomic E-state index is -0.238. The van der Waals surface area contributed by atoms with Crippen LogP contribution in [-0.4, -0.2) is 76.0 Å². The Morgan fingerprint density at radius 2 is 2.25 bits per heavy atom. The third-order valence-electron chi connectivity index (χ3n) is 5.71. The molecule has 0 saturated carbocycles. The zero-order valence-corrected chi connectivity index (χ0v) is 18.5. The van der Waals surface area contributed by atoms with Crippen molar-refractivity contribution in [1.29, 1.82) is 0 Å². The molecule has 10 heteroatoms. The Morgan fingerprint density at radius 3 is 3.09 bits per heavy atom. The number of rotatable bonds is 10. The Hall–Kier alpha value is -3.24. The van der Waals surface area contributed by atoms with Crippen LogP contribution >= 0.6 is 0 Å². The van der Waals surface area contributed by atoms with E-state index in [9.17, 15) is 4.79 Å². The first-order chi connectivity index (χ1) is 15.7. The van der Waals surface area contributed by atoms with Crippen molar-refractivity contribution in [3.05, 3.63) is 47.9 Å². The van der Waals surface area contributed by atoms with Gasteiger partial charge >= 0.3 is 0 Å². The molecule has 0 aliphatic carbocycles. The van der Waals surface area contributed by atoms with E-state index in [0.29, 0.717) is 31.4 Å². The first-order valence-electron chi connectivity index (χ1n) is 10.8. The maximum Gasteiger partial charge on any atom is 0.273 e. The van der Waals surface area contributed by atoms with Gasteiger partial charge in [0.1, 0.15) is 5.75 Å². The van der Waals surface area contributed by atoms with Crippen LogP contribution in [0.4, 0.5) is 0 Å². The van der Waals surface area contributed by atoms with Gasteiger partial charge < -0.3 is 14.8 Å². The molecule has 0 unspecified atom stereocenters. The average molecular weight is 440 g/mol. The maximum absolute atomic E-state index is 12.2. The minimum Gasteiger partial charge on any atom is -0.497 e. The van der Waals surface area contributed by atoms with Crippen molar-refractivity contribution in [3.8, 4) is 17.0 Å². The lowest BCUT2D eigenvalue weighted by Crippen LogP contribution is -2.32. The number of amides is 1. The molecule has 170 valence electrons. The molecule has 1 amide bonds. The number of likely N-dealkylation sites (tertiary alicyclic amines) is 1. The summed E-state index contributed by atoms with van der Waals surface area (Å²) in [6.07, 6.45) is 5.79. The van der Waals surface area contributed by atoms with Crippen LogP contribution < -0.4 is 10.1 Å². The van der Waals surface area contributed by atoms with Crippen molar-refractivity contribution < 1.29 is 14.3 Å². The first kappa shape index (κ1) is 22.0. The van der Waals surface area contributed by atoms with Gasteiger partial charge in [-0.3, -0.25) is 19.5 Å². The molecular formula is C22H29N7O3. The van der Waals surface area contributed by atoms with Gasteiger partial charge in [0.15, 0.2) is 5.69 Å². The number of methoxy groups -OCH3 is 2. The van der Waals surface area contributed by atoms with E-state index in [1.54, 1.807) is 25.1 Å². The van der Waals surface area contributed by atoms with Crippen LogP contribution in [0, 0.1) is 0 Å². The predicted octanol–water partition coefficient (Wildman–Crippen LogP) is 1.72. The molecule has 32 heavy (non-hydrogen) atoms. The molecule has 0 radical (unpaired) electrons. The molecule has 3 aromatic rings. The monoisotopic (exact) mass is 439 g/mol. The van der Waals surface area contributed by atoms with Gasteiger partial charge in [0.05, 0.1) is 38.3 Å². The van der Waals surface area contributed by atoms with Crippen LogP contribution in [-0.2, 0) is 17.8 Å². The van der Waals surface area contributed by atoms with E-state index in [1.807, 2.05) is 24.4 Å². The smallest absolute Gasteiger partial charge is 0.273 e. The summed E-state index contributed by atoms with van der Waals surface area (Å²) in [7, 11) is 3.26. The summed E-state index contributed by atoms with van der Waals surface area (Å²) in [5, 5.41) is 18.4. The minimum absolute atomic E-state index is 0.238. The molecule has 1 aliphatic rings. The molecule has 1 saturated heterocycles. The summed E-state index contributed by atoms with van der Waals surface area (Å²) in [5.41, 5.74) is 3.51. The number of hydrogen-bond donors (Lipinski definition) is 2. The largest absolute Gasteiger partial charge is 0.497 e. The molecule has 1 aliphatic heterocycles. The molecule has 3 heterocycles. The number of H-pyrrole nitrogens is 1. The number of carbonyl (C=O) groups excluding carboxylic acids is 1. The lowest BCUT2D eigenvalue weighted by molar-refractivity contribution is 0.0932. The van der Waals surface area contributed by atoms with Crippen LogP contribution in [0.25, 0.3) is 11.3 Å². The topological polar surface area (TPSA) is 110 Å². The van der Waals surface area contributed by atoms with Gasteiger partial charge in [-0.25, -0.2) is 0 Å². The molecule has 10 nitrogen and oxygen atoms in total. The van der Waals surface area contributed by atoms with E-state index in [1.165, 1.54) is 0 Å². The fourth-order valence-corrected chi connectivity index (χ4v) is 4.05. The highest BCUT2D eigenvalue weighted by atomic mass is 16.5. The van der Waals surface area contributed by atoms with Gasteiger partial charge in [-0.15, -0.1) is 5.10 Å². The number of nitrogens with one attached hydrogen (secondary N) is 2. The highest BCUT2D eigenvalue weighted by Gasteiger charge is 2.27. The normalized spacial score (nSPS) is 16.4. The van der Waals surface area contributed by atoms with E-state index >= 15 is 0 Å². The van der Waals surface area contributed by atoms with Crippen molar-refractivity contribution in [3.63, 3.8) is 0 Å². The number of hydrogen-bond acceptors (Lipinski definition) is 7. The highest BCUT2D eigenvalue weighted by Crippen LogP contribution is 2.28. The SMILES string of the molecule is COCCNC(=O)c1cn(C[C@@H]2CCCN2Cc2cn[nH]c2-c2cccc(OC)c2)nn1. The van der Waals surface area contributed by atoms with E-state index < -0.39 is 0 Å². The molecular weight excluding hydrogens is 410 g/mol. The van der Waals surface area contributed by atoms with E-state index in [0.717, 1.165) is 48.5 Å².